The van der Waals surface area contributed by atoms with Gasteiger partial charge < -0.3 is 10.1 Å². The lowest BCUT2D eigenvalue weighted by atomic mass is 10.1. The second-order valence-corrected chi connectivity index (χ2v) is 8.83. The van der Waals surface area contributed by atoms with Crippen LogP contribution in [0, 0.1) is 13.8 Å². The summed E-state index contributed by atoms with van der Waals surface area (Å²) in [5.41, 5.74) is 5.05. The second kappa shape index (κ2) is 9.69. The Kier molecular flexibility index (Phi) is 6.28. The van der Waals surface area contributed by atoms with Gasteiger partial charge >= 0.3 is 5.69 Å². The maximum absolute atomic E-state index is 13.0. The summed E-state index contributed by atoms with van der Waals surface area (Å²) in [6, 6.07) is 15.5. The predicted molar refractivity (Wildman–Crippen MR) is 139 cm³/mol. The highest BCUT2D eigenvalue weighted by Gasteiger charge is 2.16. The molecular weight excluding hydrogens is 456 g/mol. The van der Waals surface area contributed by atoms with Crippen LogP contribution >= 0.6 is 0 Å². The minimum Gasteiger partial charge on any atom is -0.494 e. The molecule has 0 fully saturated rings. The van der Waals surface area contributed by atoms with E-state index in [1.807, 2.05) is 62.4 Å². The smallest absolute Gasteiger partial charge is 0.350 e. The van der Waals surface area contributed by atoms with Crippen LogP contribution in [-0.4, -0.2) is 36.3 Å². The number of anilines is 1. The third-order valence-electron chi connectivity index (χ3n) is 6.15. The summed E-state index contributed by atoms with van der Waals surface area (Å²) in [5, 5.41) is 12.0. The Bertz CT molecular complexity index is 1590. The Hall–Kier alpha value is -4.40. The first-order valence-electron chi connectivity index (χ1n) is 12.0. The Morgan fingerprint density at radius 1 is 1.03 bits per heavy atom. The number of fused-ring (bicyclic) bond motifs is 3. The highest BCUT2D eigenvalue weighted by atomic mass is 16.5. The number of rotatable bonds is 8. The van der Waals surface area contributed by atoms with Gasteiger partial charge in [-0.15, -0.1) is 5.10 Å². The lowest BCUT2D eigenvalue weighted by molar-refractivity contribution is -0.117. The summed E-state index contributed by atoms with van der Waals surface area (Å²) in [7, 11) is 0. The fourth-order valence-corrected chi connectivity index (χ4v) is 4.16. The summed E-state index contributed by atoms with van der Waals surface area (Å²) < 4.78 is 10.0. The molecule has 0 unspecified atom stereocenters. The zero-order valence-corrected chi connectivity index (χ0v) is 20.6. The molecule has 2 aromatic carbocycles. The van der Waals surface area contributed by atoms with Crippen molar-refractivity contribution in [2.24, 2.45) is 0 Å². The number of nitrogens with one attached hydrogen (secondary N) is 1. The number of aromatic nitrogens is 5. The van der Waals surface area contributed by atoms with Crippen LogP contribution in [0.25, 0.3) is 22.4 Å². The molecule has 5 rings (SSSR count). The fraction of sp³-hybridized carbons (Fsp3) is 0.259. The predicted octanol–water partition coefficient (Wildman–Crippen LogP) is 4.25. The molecule has 0 aliphatic heterocycles. The fourth-order valence-electron chi connectivity index (χ4n) is 4.16. The van der Waals surface area contributed by atoms with Gasteiger partial charge in [0.2, 0.25) is 5.91 Å². The van der Waals surface area contributed by atoms with Crippen molar-refractivity contribution < 1.29 is 9.53 Å². The SMILES string of the molecule is CCCCOc1ccc(-c2cc3c4nn(CC(=O)Nc5c(C)cccc5C)c(=O)n4ccn3n2)cc1. The number of carbonyl (C=O) groups excluding carboxylic acids is 1. The zero-order valence-electron chi connectivity index (χ0n) is 20.6. The van der Waals surface area contributed by atoms with Crippen molar-refractivity contribution in [3.05, 3.63) is 82.5 Å². The number of unbranched alkanes of at least 4 members (excludes halogenated alkanes) is 1. The molecule has 36 heavy (non-hydrogen) atoms. The number of amides is 1. The molecular formula is C27H28N6O3. The van der Waals surface area contributed by atoms with E-state index in [4.69, 9.17) is 4.74 Å². The lowest BCUT2D eigenvalue weighted by Crippen LogP contribution is -2.28. The van der Waals surface area contributed by atoms with Gasteiger partial charge in [-0.1, -0.05) is 31.5 Å². The van der Waals surface area contributed by atoms with E-state index in [2.05, 4.69) is 22.4 Å². The average molecular weight is 485 g/mol. The first kappa shape index (κ1) is 23.3. The molecule has 0 saturated carbocycles. The van der Waals surface area contributed by atoms with Crippen molar-refractivity contribution in [3.63, 3.8) is 0 Å². The standard InChI is InChI=1S/C27H28N6O3/c1-4-5-15-36-21-11-9-20(10-12-21)22-16-23-26-30-33(27(35)31(26)13-14-32(23)29-22)17-24(34)28-25-18(2)7-6-8-19(25)3/h6-14,16H,4-5,15,17H2,1-3H3,(H,28,34). The van der Waals surface area contributed by atoms with Crippen LogP contribution in [0.5, 0.6) is 5.75 Å². The van der Waals surface area contributed by atoms with Crippen molar-refractivity contribution in [3.8, 4) is 17.0 Å². The summed E-state index contributed by atoms with van der Waals surface area (Å²) in [6.07, 6.45) is 5.42. The molecule has 0 aliphatic carbocycles. The molecule has 5 aromatic rings. The van der Waals surface area contributed by atoms with Gasteiger partial charge in [-0.3, -0.25) is 4.79 Å². The van der Waals surface area contributed by atoms with E-state index in [0.717, 1.165) is 46.7 Å². The normalized spacial score (nSPS) is 11.3. The molecule has 3 heterocycles. The van der Waals surface area contributed by atoms with E-state index in [1.54, 1.807) is 16.9 Å². The van der Waals surface area contributed by atoms with E-state index in [9.17, 15) is 9.59 Å². The van der Waals surface area contributed by atoms with Crippen LogP contribution in [0.1, 0.15) is 30.9 Å². The van der Waals surface area contributed by atoms with Gasteiger partial charge in [0.05, 0.1) is 12.3 Å². The number of hydrogen-bond donors (Lipinski definition) is 1. The van der Waals surface area contributed by atoms with Gasteiger partial charge in [0, 0.05) is 23.6 Å². The number of nitrogens with zero attached hydrogens (tertiary/aromatic N) is 5. The topological polar surface area (TPSA) is 94.9 Å². The molecule has 1 amide bonds. The maximum Gasteiger partial charge on any atom is 0.350 e. The average Bonchev–Trinajstić information content (AvgIpc) is 3.44. The summed E-state index contributed by atoms with van der Waals surface area (Å²) >= 11 is 0. The van der Waals surface area contributed by atoms with E-state index >= 15 is 0 Å². The quantitative estimate of drug-likeness (QED) is 0.332. The summed E-state index contributed by atoms with van der Waals surface area (Å²) in [4.78, 5) is 25.7. The van der Waals surface area contributed by atoms with Crippen LogP contribution < -0.4 is 15.7 Å². The largest absolute Gasteiger partial charge is 0.494 e. The van der Waals surface area contributed by atoms with Gasteiger partial charge in [-0.05, 0) is 61.7 Å². The molecule has 1 N–H and O–H groups in total. The second-order valence-electron chi connectivity index (χ2n) is 8.83. The van der Waals surface area contributed by atoms with Crippen molar-refractivity contribution in [2.75, 3.05) is 11.9 Å². The molecule has 0 radical (unpaired) electrons. The number of ether oxygens (including phenoxy) is 1. The molecule has 0 spiro atoms. The van der Waals surface area contributed by atoms with Crippen molar-refractivity contribution >= 4 is 22.8 Å². The zero-order chi connectivity index (χ0) is 25.2. The van der Waals surface area contributed by atoms with E-state index < -0.39 is 0 Å². The maximum atomic E-state index is 13.0. The molecule has 9 nitrogen and oxygen atoms in total. The van der Waals surface area contributed by atoms with Gasteiger partial charge in [-0.25, -0.2) is 18.4 Å². The van der Waals surface area contributed by atoms with Gasteiger partial charge in [0.15, 0.2) is 5.65 Å². The molecule has 184 valence electrons. The summed E-state index contributed by atoms with van der Waals surface area (Å²) in [5.74, 6) is 0.507. The van der Waals surface area contributed by atoms with Gasteiger partial charge in [0.1, 0.15) is 17.8 Å². The Morgan fingerprint density at radius 3 is 2.50 bits per heavy atom. The van der Waals surface area contributed by atoms with Gasteiger partial charge in [0.25, 0.3) is 0 Å². The molecule has 0 atom stereocenters. The van der Waals surface area contributed by atoms with Gasteiger partial charge in [-0.2, -0.15) is 5.10 Å². The lowest BCUT2D eigenvalue weighted by Gasteiger charge is -2.10. The Morgan fingerprint density at radius 2 is 1.78 bits per heavy atom. The number of aryl methyl sites for hydroxylation is 2. The third kappa shape index (κ3) is 4.47. The monoisotopic (exact) mass is 484 g/mol. The minimum absolute atomic E-state index is 0.194. The molecule has 0 bridgehead atoms. The van der Waals surface area contributed by atoms with Crippen LogP contribution in [-0.2, 0) is 11.3 Å². The third-order valence-corrected chi connectivity index (χ3v) is 6.15. The Balaban J connectivity index is 1.41. The Labute approximate surface area is 207 Å². The molecule has 0 saturated heterocycles. The first-order chi connectivity index (χ1) is 17.4. The first-order valence-corrected chi connectivity index (χ1v) is 12.0. The molecule has 3 aromatic heterocycles. The van der Waals surface area contributed by atoms with Crippen LogP contribution in [0.2, 0.25) is 0 Å². The number of carbonyl (C=O) groups is 1. The number of para-hydroxylation sites is 1. The van der Waals surface area contributed by atoms with Crippen LogP contribution in [0.15, 0.2) is 65.7 Å². The van der Waals surface area contributed by atoms with Crippen molar-refractivity contribution in [2.45, 2.75) is 40.2 Å². The van der Waals surface area contributed by atoms with Crippen LogP contribution in [0.3, 0.4) is 0 Å². The highest BCUT2D eigenvalue weighted by Crippen LogP contribution is 2.24. The summed E-state index contributed by atoms with van der Waals surface area (Å²) in [6.45, 7) is 6.50. The molecule has 0 aliphatic rings. The number of hydrogen-bond acceptors (Lipinski definition) is 5. The van der Waals surface area contributed by atoms with E-state index in [1.165, 1.54) is 9.08 Å². The van der Waals surface area contributed by atoms with Crippen molar-refractivity contribution in [1.29, 1.82) is 0 Å². The van der Waals surface area contributed by atoms with E-state index in [-0.39, 0.29) is 18.1 Å². The minimum atomic E-state index is -0.388. The number of benzene rings is 2. The highest BCUT2D eigenvalue weighted by molar-refractivity contribution is 5.92. The van der Waals surface area contributed by atoms with Crippen molar-refractivity contribution in [1.82, 2.24) is 23.8 Å². The van der Waals surface area contributed by atoms with Crippen LogP contribution in [0.4, 0.5) is 5.69 Å². The molecule has 9 heteroatoms. The van der Waals surface area contributed by atoms with E-state index in [0.29, 0.717) is 17.8 Å².